The van der Waals surface area contributed by atoms with E-state index in [4.69, 9.17) is 4.42 Å². The SMILES string of the molecule is c1ccc(N(c2ccccc2)c2ccc3oc4ccc(-c5ccc6cc(-c7ccc8ccccc8c7)ccc6c5)cc4c3c2)cc1. The van der Waals surface area contributed by atoms with Crippen LogP contribution in [0.15, 0.2) is 180 Å². The largest absolute Gasteiger partial charge is 0.456 e. The van der Waals surface area contributed by atoms with E-state index in [1.807, 2.05) is 0 Å². The molecule has 0 bridgehead atoms. The Bertz CT molecular complexity index is 2490. The Labute approximate surface area is 267 Å². The standard InChI is InChI=1S/C44H29NO/c1-3-11-38(12-4-1)45(39-13-5-2-6-14-39)40-22-24-44-42(29-40)41-28-37(21-23-43(41)46-44)36-20-19-34-26-33(17-18-35(34)27-36)32-16-15-30-9-7-8-10-31(30)25-32/h1-29H. The molecule has 8 aromatic carbocycles. The Hall–Kier alpha value is -6.12. The first-order valence-electron chi connectivity index (χ1n) is 15.7. The Kier molecular flexibility index (Phi) is 6.17. The molecule has 0 unspecified atom stereocenters. The van der Waals surface area contributed by atoms with Gasteiger partial charge in [0.15, 0.2) is 0 Å². The van der Waals surface area contributed by atoms with Crippen molar-refractivity contribution in [1.29, 1.82) is 0 Å². The van der Waals surface area contributed by atoms with Gasteiger partial charge in [-0.15, -0.1) is 0 Å². The molecule has 0 aliphatic rings. The second-order valence-corrected chi connectivity index (χ2v) is 11.8. The Morgan fingerprint density at radius 3 is 1.35 bits per heavy atom. The summed E-state index contributed by atoms with van der Waals surface area (Å²) in [4.78, 5) is 2.29. The molecule has 0 N–H and O–H groups in total. The van der Waals surface area contributed by atoms with Crippen LogP contribution in [0.25, 0.3) is 65.7 Å². The van der Waals surface area contributed by atoms with Gasteiger partial charge in [0.25, 0.3) is 0 Å². The van der Waals surface area contributed by atoms with E-state index >= 15 is 0 Å². The van der Waals surface area contributed by atoms with Gasteiger partial charge in [0.2, 0.25) is 0 Å². The quantitative estimate of drug-likeness (QED) is 0.199. The van der Waals surface area contributed by atoms with Gasteiger partial charge in [-0.2, -0.15) is 0 Å². The van der Waals surface area contributed by atoms with Crippen molar-refractivity contribution in [2.75, 3.05) is 4.90 Å². The lowest BCUT2D eigenvalue weighted by atomic mass is 9.96. The highest BCUT2D eigenvalue weighted by Crippen LogP contribution is 2.40. The number of benzene rings is 8. The number of para-hydroxylation sites is 2. The molecule has 0 aliphatic heterocycles. The number of rotatable bonds is 5. The normalized spacial score (nSPS) is 11.5. The van der Waals surface area contributed by atoms with Gasteiger partial charge in [-0.1, -0.05) is 103 Å². The van der Waals surface area contributed by atoms with Crippen LogP contribution >= 0.6 is 0 Å². The van der Waals surface area contributed by atoms with Crippen molar-refractivity contribution in [3.63, 3.8) is 0 Å². The molecule has 1 aromatic heterocycles. The lowest BCUT2D eigenvalue weighted by Gasteiger charge is -2.25. The van der Waals surface area contributed by atoms with Gasteiger partial charge in [-0.3, -0.25) is 0 Å². The van der Waals surface area contributed by atoms with Crippen LogP contribution in [0, 0.1) is 0 Å². The van der Waals surface area contributed by atoms with Crippen LogP contribution in [0.1, 0.15) is 0 Å². The number of anilines is 3. The van der Waals surface area contributed by atoms with Crippen LogP contribution in [0.3, 0.4) is 0 Å². The van der Waals surface area contributed by atoms with Crippen molar-refractivity contribution in [3.05, 3.63) is 176 Å². The summed E-state index contributed by atoms with van der Waals surface area (Å²) < 4.78 is 6.32. The predicted octanol–water partition coefficient (Wildman–Crippen LogP) is 12.7. The van der Waals surface area contributed by atoms with E-state index in [0.717, 1.165) is 39.0 Å². The van der Waals surface area contributed by atoms with Gasteiger partial charge in [0.05, 0.1) is 0 Å². The maximum absolute atomic E-state index is 6.32. The van der Waals surface area contributed by atoms with Crippen molar-refractivity contribution in [2.45, 2.75) is 0 Å². The zero-order valence-electron chi connectivity index (χ0n) is 25.1. The van der Waals surface area contributed by atoms with Gasteiger partial charge in [0.1, 0.15) is 11.2 Å². The van der Waals surface area contributed by atoms with Crippen LogP contribution in [0.4, 0.5) is 17.1 Å². The van der Waals surface area contributed by atoms with E-state index in [-0.39, 0.29) is 0 Å². The highest BCUT2D eigenvalue weighted by molar-refractivity contribution is 6.08. The average molecular weight is 588 g/mol. The summed E-state index contributed by atoms with van der Waals surface area (Å²) in [6.07, 6.45) is 0. The number of nitrogens with zero attached hydrogens (tertiary/aromatic N) is 1. The molecule has 1 heterocycles. The van der Waals surface area contributed by atoms with Crippen LogP contribution in [-0.4, -0.2) is 0 Å². The average Bonchev–Trinajstić information content (AvgIpc) is 3.49. The van der Waals surface area contributed by atoms with Gasteiger partial charge >= 0.3 is 0 Å². The monoisotopic (exact) mass is 587 g/mol. The Balaban J connectivity index is 1.11. The van der Waals surface area contributed by atoms with Gasteiger partial charge < -0.3 is 9.32 Å². The first-order chi connectivity index (χ1) is 22.8. The lowest BCUT2D eigenvalue weighted by molar-refractivity contribution is 0.669. The van der Waals surface area contributed by atoms with E-state index in [0.29, 0.717) is 0 Å². The van der Waals surface area contributed by atoms with Crippen LogP contribution in [-0.2, 0) is 0 Å². The van der Waals surface area contributed by atoms with Crippen molar-refractivity contribution < 1.29 is 4.42 Å². The number of furan rings is 1. The Morgan fingerprint density at radius 2 is 0.739 bits per heavy atom. The molecule has 0 spiro atoms. The fourth-order valence-corrected chi connectivity index (χ4v) is 6.66. The molecule has 9 rings (SSSR count). The van der Waals surface area contributed by atoms with Gasteiger partial charge in [-0.05, 0) is 117 Å². The molecule has 0 radical (unpaired) electrons. The molecular weight excluding hydrogens is 558 g/mol. The van der Waals surface area contributed by atoms with E-state index < -0.39 is 0 Å². The maximum Gasteiger partial charge on any atom is 0.135 e. The third-order valence-electron chi connectivity index (χ3n) is 9.00. The summed E-state index contributed by atoms with van der Waals surface area (Å²) in [5.74, 6) is 0. The number of hydrogen-bond acceptors (Lipinski definition) is 2. The third-order valence-corrected chi connectivity index (χ3v) is 9.00. The smallest absolute Gasteiger partial charge is 0.135 e. The maximum atomic E-state index is 6.32. The van der Waals surface area contributed by atoms with Gasteiger partial charge in [0, 0.05) is 27.8 Å². The summed E-state index contributed by atoms with van der Waals surface area (Å²) in [6.45, 7) is 0. The molecule has 9 aromatic rings. The summed E-state index contributed by atoms with van der Waals surface area (Å²) in [5, 5.41) is 7.20. The highest BCUT2D eigenvalue weighted by Gasteiger charge is 2.16. The third kappa shape index (κ3) is 4.60. The van der Waals surface area contributed by atoms with E-state index in [2.05, 4.69) is 181 Å². The Morgan fingerprint density at radius 1 is 0.304 bits per heavy atom. The van der Waals surface area contributed by atoms with Crippen LogP contribution in [0.5, 0.6) is 0 Å². The topological polar surface area (TPSA) is 16.4 Å². The molecule has 0 saturated heterocycles. The van der Waals surface area contributed by atoms with Crippen molar-refractivity contribution >= 4 is 60.5 Å². The predicted molar refractivity (Wildman–Crippen MR) is 194 cm³/mol. The molecule has 0 saturated carbocycles. The second-order valence-electron chi connectivity index (χ2n) is 11.8. The van der Waals surface area contributed by atoms with E-state index in [9.17, 15) is 0 Å². The summed E-state index contributed by atoms with van der Waals surface area (Å²) in [6, 6.07) is 62.8. The van der Waals surface area contributed by atoms with Gasteiger partial charge in [-0.25, -0.2) is 0 Å². The van der Waals surface area contributed by atoms with Crippen LogP contribution < -0.4 is 4.90 Å². The second kappa shape index (κ2) is 10.8. The first kappa shape index (κ1) is 26.3. The zero-order valence-corrected chi connectivity index (χ0v) is 25.1. The first-order valence-corrected chi connectivity index (χ1v) is 15.7. The minimum Gasteiger partial charge on any atom is -0.456 e. The minimum absolute atomic E-state index is 0.886. The molecule has 46 heavy (non-hydrogen) atoms. The van der Waals surface area contributed by atoms with Crippen molar-refractivity contribution in [3.8, 4) is 22.3 Å². The molecule has 0 amide bonds. The van der Waals surface area contributed by atoms with Crippen LogP contribution in [0.2, 0.25) is 0 Å². The summed E-state index contributed by atoms with van der Waals surface area (Å²) >= 11 is 0. The molecule has 216 valence electrons. The van der Waals surface area contributed by atoms with Crippen molar-refractivity contribution in [1.82, 2.24) is 0 Å². The summed E-state index contributed by atoms with van der Waals surface area (Å²) in [5.41, 5.74) is 9.92. The molecule has 2 heteroatoms. The molecule has 2 nitrogen and oxygen atoms in total. The van der Waals surface area contributed by atoms with E-state index in [1.54, 1.807) is 0 Å². The number of hydrogen-bond donors (Lipinski definition) is 0. The molecule has 0 atom stereocenters. The zero-order chi connectivity index (χ0) is 30.5. The van der Waals surface area contributed by atoms with E-state index in [1.165, 1.54) is 43.8 Å². The lowest BCUT2D eigenvalue weighted by Crippen LogP contribution is -2.09. The van der Waals surface area contributed by atoms with Crippen molar-refractivity contribution in [2.24, 2.45) is 0 Å². The fourth-order valence-electron chi connectivity index (χ4n) is 6.66. The molecule has 0 aliphatic carbocycles. The fraction of sp³-hybridized carbons (Fsp3) is 0. The minimum atomic E-state index is 0.886. The highest BCUT2D eigenvalue weighted by atomic mass is 16.3. The molecule has 0 fully saturated rings. The number of fused-ring (bicyclic) bond motifs is 5. The molecular formula is C44H29NO. The summed E-state index contributed by atoms with van der Waals surface area (Å²) in [7, 11) is 0.